The van der Waals surface area contributed by atoms with Crippen molar-refractivity contribution >= 4 is 70.6 Å². The monoisotopic (exact) mass is 794 g/mol. The minimum atomic E-state index is -0.525. The van der Waals surface area contributed by atoms with Crippen molar-refractivity contribution in [3.05, 3.63) is 119 Å². The van der Waals surface area contributed by atoms with Crippen LogP contribution in [-0.2, 0) is 5.41 Å². The lowest BCUT2D eigenvalue weighted by molar-refractivity contribution is 0.126. The summed E-state index contributed by atoms with van der Waals surface area (Å²) in [6, 6.07) is 34.3. The van der Waals surface area contributed by atoms with Crippen LogP contribution in [0.15, 0.2) is 97.1 Å². The fourth-order valence-electron chi connectivity index (χ4n) is 7.05. The zero-order valence-electron chi connectivity index (χ0n) is 28.7. The van der Waals surface area contributed by atoms with Crippen LogP contribution in [0.3, 0.4) is 0 Å². The highest BCUT2D eigenvalue weighted by Gasteiger charge is 2.45. The Morgan fingerprint density at radius 2 is 0.961 bits per heavy atom. The third kappa shape index (κ3) is 9.25. The van der Waals surface area contributed by atoms with E-state index in [1.807, 2.05) is 47.8 Å². The highest BCUT2D eigenvalue weighted by Crippen LogP contribution is 2.56. The Morgan fingerprint density at radius 1 is 0.569 bits per heavy atom. The SMILES string of the molecule is OC(COc1ccc(C2(c3ccc(OCC(O)CSCCC4SCCS4)cc3)c3ccccc3-c3ccccc32)cc1)CSCCC1SCCS1. The van der Waals surface area contributed by atoms with Crippen molar-refractivity contribution in [1.29, 1.82) is 0 Å². The van der Waals surface area contributed by atoms with Gasteiger partial charge in [0.2, 0.25) is 0 Å². The van der Waals surface area contributed by atoms with Crippen LogP contribution in [0.2, 0.25) is 0 Å². The van der Waals surface area contributed by atoms with Gasteiger partial charge in [0.1, 0.15) is 24.7 Å². The average Bonchev–Trinajstić information content (AvgIpc) is 3.95. The molecule has 4 aromatic rings. The van der Waals surface area contributed by atoms with Crippen molar-refractivity contribution < 1.29 is 19.7 Å². The molecule has 0 spiro atoms. The largest absolute Gasteiger partial charge is 0.491 e. The Kier molecular flexibility index (Phi) is 13.9. The molecule has 2 fully saturated rings. The number of hydrogen-bond donors (Lipinski definition) is 2. The fraction of sp³-hybridized carbons (Fsp3) is 0.415. The summed E-state index contributed by atoms with van der Waals surface area (Å²) in [6.07, 6.45) is 1.39. The van der Waals surface area contributed by atoms with Crippen molar-refractivity contribution in [2.24, 2.45) is 0 Å². The molecular formula is C41H46O4S6. The third-order valence-electron chi connectivity index (χ3n) is 9.41. The smallest absolute Gasteiger partial charge is 0.119 e. The summed E-state index contributed by atoms with van der Waals surface area (Å²) in [4.78, 5) is 0. The zero-order chi connectivity index (χ0) is 34.9. The second-order valence-electron chi connectivity index (χ2n) is 12.9. The Labute approximate surface area is 328 Å². The molecule has 2 heterocycles. The Hall–Kier alpha value is -1.50. The number of fused-ring (bicyclic) bond motifs is 3. The van der Waals surface area contributed by atoms with Crippen LogP contribution in [0.4, 0.5) is 0 Å². The average molecular weight is 795 g/mol. The molecule has 0 aromatic heterocycles. The van der Waals surface area contributed by atoms with Gasteiger partial charge < -0.3 is 19.7 Å². The molecule has 0 bridgehead atoms. The van der Waals surface area contributed by atoms with E-state index in [9.17, 15) is 10.2 Å². The molecule has 270 valence electrons. The van der Waals surface area contributed by atoms with Gasteiger partial charge in [0.25, 0.3) is 0 Å². The first-order valence-corrected chi connectivity index (χ1v) is 24.3. The second kappa shape index (κ2) is 18.7. The maximum Gasteiger partial charge on any atom is 0.119 e. The lowest BCUT2D eigenvalue weighted by Gasteiger charge is -2.34. The van der Waals surface area contributed by atoms with Gasteiger partial charge >= 0.3 is 0 Å². The summed E-state index contributed by atoms with van der Waals surface area (Å²) in [5.41, 5.74) is 6.76. The van der Waals surface area contributed by atoms with Crippen molar-refractivity contribution in [2.45, 2.75) is 39.6 Å². The molecule has 3 aliphatic rings. The molecule has 1 aliphatic carbocycles. The van der Waals surface area contributed by atoms with Gasteiger partial charge in [-0.25, -0.2) is 0 Å². The predicted molar refractivity (Wildman–Crippen MR) is 228 cm³/mol. The maximum atomic E-state index is 10.6. The van der Waals surface area contributed by atoms with Gasteiger partial charge in [0, 0.05) is 34.5 Å². The van der Waals surface area contributed by atoms with Crippen LogP contribution in [0.1, 0.15) is 35.1 Å². The fourth-order valence-corrected chi connectivity index (χ4v) is 15.2. The molecule has 2 saturated heterocycles. The van der Waals surface area contributed by atoms with Gasteiger partial charge in [-0.2, -0.15) is 23.5 Å². The molecule has 2 N–H and O–H groups in total. The minimum Gasteiger partial charge on any atom is -0.491 e. The van der Waals surface area contributed by atoms with Gasteiger partial charge in [-0.15, -0.1) is 47.0 Å². The van der Waals surface area contributed by atoms with E-state index in [2.05, 4.69) is 120 Å². The van der Waals surface area contributed by atoms with Gasteiger partial charge in [0.15, 0.2) is 0 Å². The molecule has 0 saturated carbocycles. The number of aliphatic hydroxyl groups excluding tert-OH is 2. The van der Waals surface area contributed by atoms with Crippen molar-refractivity contribution in [3.63, 3.8) is 0 Å². The Balaban J connectivity index is 1.03. The molecule has 10 heteroatoms. The number of benzene rings is 4. The van der Waals surface area contributed by atoms with E-state index in [1.54, 1.807) is 0 Å². The van der Waals surface area contributed by atoms with E-state index < -0.39 is 17.6 Å². The normalized spacial score (nSPS) is 18.0. The van der Waals surface area contributed by atoms with Crippen LogP contribution in [-0.4, -0.2) is 90.8 Å². The summed E-state index contributed by atoms with van der Waals surface area (Å²) in [5, 5.41) is 21.3. The topological polar surface area (TPSA) is 58.9 Å². The molecule has 4 aromatic carbocycles. The first-order valence-electron chi connectivity index (χ1n) is 17.8. The first-order chi connectivity index (χ1) is 25.1. The molecule has 2 aliphatic heterocycles. The lowest BCUT2D eigenvalue weighted by atomic mass is 9.68. The number of thioether (sulfide) groups is 6. The second-order valence-corrected chi connectivity index (χ2v) is 21.0. The van der Waals surface area contributed by atoms with Crippen molar-refractivity contribution in [2.75, 3.05) is 59.2 Å². The van der Waals surface area contributed by atoms with E-state index in [0.29, 0.717) is 11.5 Å². The van der Waals surface area contributed by atoms with Gasteiger partial charge in [-0.3, -0.25) is 0 Å². The van der Waals surface area contributed by atoms with E-state index >= 15 is 0 Å². The van der Waals surface area contributed by atoms with E-state index in [4.69, 9.17) is 9.47 Å². The van der Waals surface area contributed by atoms with Crippen LogP contribution < -0.4 is 9.47 Å². The Morgan fingerprint density at radius 3 is 1.37 bits per heavy atom. The molecule has 2 atom stereocenters. The highest BCUT2D eigenvalue weighted by atomic mass is 32.2. The number of hydrogen-bond acceptors (Lipinski definition) is 10. The number of aliphatic hydroxyl groups is 2. The zero-order valence-corrected chi connectivity index (χ0v) is 33.6. The molecular weight excluding hydrogens is 749 g/mol. The number of rotatable bonds is 18. The maximum absolute atomic E-state index is 10.6. The van der Waals surface area contributed by atoms with E-state index in [0.717, 1.165) is 43.3 Å². The van der Waals surface area contributed by atoms with Crippen LogP contribution >= 0.6 is 70.6 Å². The molecule has 7 rings (SSSR count). The first kappa shape index (κ1) is 37.8. The van der Waals surface area contributed by atoms with Crippen LogP contribution in [0.25, 0.3) is 11.1 Å². The molecule has 4 nitrogen and oxygen atoms in total. The van der Waals surface area contributed by atoms with E-state index in [1.165, 1.54) is 58.1 Å². The third-order valence-corrected chi connectivity index (χ3v) is 18.0. The highest BCUT2D eigenvalue weighted by molar-refractivity contribution is 8.20. The summed E-state index contributed by atoms with van der Waals surface area (Å²) < 4.78 is 13.6. The molecule has 51 heavy (non-hydrogen) atoms. The quantitative estimate of drug-likeness (QED) is 0.0840. The summed E-state index contributed by atoms with van der Waals surface area (Å²) in [7, 11) is 0. The molecule has 0 radical (unpaired) electrons. The van der Waals surface area contributed by atoms with Gasteiger partial charge in [-0.1, -0.05) is 72.8 Å². The minimum absolute atomic E-state index is 0.281. The summed E-state index contributed by atoms with van der Waals surface area (Å²) in [6.45, 7) is 0.563. The molecule has 0 amide bonds. The Bertz CT molecular complexity index is 1550. The summed E-state index contributed by atoms with van der Waals surface area (Å²) >= 11 is 11.9. The van der Waals surface area contributed by atoms with Gasteiger partial charge in [0.05, 0.1) is 26.8 Å². The van der Waals surface area contributed by atoms with Crippen molar-refractivity contribution in [1.82, 2.24) is 0 Å². The standard InChI is InChI=1S/C41H46O4S6/c42-31(27-46-19-17-39-48-21-22-49-39)25-44-33-13-9-29(10-14-33)41(37-7-3-1-5-35(37)36-6-2-4-8-38(36)41)30-11-15-34(16-12-30)45-26-32(43)28-47-20-18-40-50-23-24-51-40/h1-16,31-32,39-40,42-43H,17-28H2. The summed E-state index contributed by atoms with van der Waals surface area (Å²) in [5.74, 6) is 10.1. The number of ether oxygens (including phenoxy) is 2. The molecule has 2 unspecified atom stereocenters. The van der Waals surface area contributed by atoms with Gasteiger partial charge in [-0.05, 0) is 82.0 Å². The van der Waals surface area contributed by atoms with Crippen molar-refractivity contribution in [3.8, 4) is 22.6 Å². The predicted octanol–water partition coefficient (Wildman–Crippen LogP) is 9.39. The van der Waals surface area contributed by atoms with Crippen LogP contribution in [0, 0.1) is 0 Å². The van der Waals surface area contributed by atoms with E-state index in [-0.39, 0.29) is 13.2 Å². The van der Waals surface area contributed by atoms with Crippen LogP contribution in [0.5, 0.6) is 11.5 Å². The lowest BCUT2D eigenvalue weighted by Crippen LogP contribution is -2.28.